The fourth-order valence-electron chi connectivity index (χ4n) is 3.38. The third-order valence-corrected chi connectivity index (χ3v) is 4.73. The van der Waals surface area contributed by atoms with E-state index in [4.69, 9.17) is 5.11 Å². The van der Waals surface area contributed by atoms with Crippen LogP contribution in [-0.2, 0) is 16.0 Å². The average molecular weight is 314 g/mol. The first-order valence-corrected chi connectivity index (χ1v) is 8.16. The number of rotatable bonds is 7. The van der Waals surface area contributed by atoms with Crippen LogP contribution in [0.1, 0.15) is 44.1 Å². The van der Waals surface area contributed by atoms with E-state index in [1.807, 2.05) is 24.4 Å². The Hall–Kier alpha value is -2.30. The lowest BCUT2D eigenvalue weighted by Gasteiger charge is -2.41. The summed E-state index contributed by atoms with van der Waals surface area (Å²) in [5, 5.41) is 13.1. The van der Waals surface area contributed by atoms with Gasteiger partial charge >= 0.3 is 5.97 Å². The fourth-order valence-corrected chi connectivity index (χ4v) is 3.38. The summed E-state index contributed by atoms with van der Waals surface area (Å²) in [4.78, 5) is 26.3. The van der Waals surface area contributed by atoms with Gasteiger partial charge in [-0.15, -0.1) is 0 Å². The van der Waals surface area contributed by atoms with Gasteiger partial charge in [0.05, 0.1) is 12.0 Å². The van der Waals surface area contributed by atoms with Crippen LogP contribution in [0.15, 0.2) is 30.5 Å². The molecule has 0 unspecified atom stereocenters. The molecule has 1 saturated carbocycles. The first kappa shape index (κ1) is 15.6. The predicted molar refractivity (Wildman–Crippen MR) is 88.2 cm³/mol. The van der Waals surface area contributed by atoms with Crippen molar-refractivity contribution >= 4 is 22.8 Å². The minimum Gasteiger partial charge on any atom is -0.481 e. The smallest absolute Gasteiger partial charge is 0.305 e. The topological polar surface area (TPSA) is 82.2 Å². The zero-order chi connectivity index (χ0) is 16.3. The molecule has 5 nitrogen and oxygen atoms in total. The molecule has 1 heterocycles. The molecule has 122 valence electrons. The number of aromatic amines is 1. The SMILES string of the molecule is O=C(O)CC1(NC(=O)CCCc2c[nH]c3ccccc23)CCC1. The minimum atomic E-state index is -0.844. The van der Waals surface area contributed by atoms with E-state index in [1.54, 1.807) is 0 Å². The van der Waals surface area contributed by atoms with Gasteiger partial charge in [-0.25, -0.2) is 0 Å². The zero-order valence-electron chi connectivity index (χ0n) is 13.1. The summed E-state index contributed by atoms with van der Waals surface area (Å²) in [7, 11) is 0. The number of benzene rings is 1. The lowest BCUT2D eigenvalue weighted by Crippen LogP contribution is -2.54. The highest BCUT2D eigenvalue weighted by Crippen LogP contribution is 2.35. The van der Waals surface area contributed by atoms with Gasteiger partial charge in [0.2, 0.25) is 5.91 Å². The number of aryl methyl sites for hydroxylation is 1. The Labute approximate surface area is 135 Å². The van der Waals surface area contributed by atoms with Crippen molar-refractivity contribution in [3.05, 3.63) is 36.0 Å². The van der Waals surface area contributed by atoms with E-state index in [0.717, 1.165) is 37.6 Å². The Morgan fingerprint density at radius 1 is 1.26 bits per heavy atom. The number of hydrogen-bond donors (Lipinski definition) is 3. The summed E-state index contributed by atoms with van der Waals surface area (Å²) in [5.74, 6) is -0.880. The number of fused-ring (bicyclic) bond motifs is 1. The van der Waals surface area contributed by atoms with Gasteiger partial charge in [0.25, 0.3) is 0 Å². The van der Waals surface area contributed by atoms with Crippen molar-refractivity contribution < 1.29 is 14.7 Å². The van der Waals surface area contributed by atoms with Gasteiger partial charge in [0.1, 0.15) is 0 Å². The molecule has 2 aromatic rings. The highest BCUT2D eigenvalue weighted by atomic mass is 16.4. The normalized spacial score (nSPS) is 16.0. The molecule has 1 aliphatic rings. The van der Waals surface area contributed by atoms with Crippen LogP contribution in [0.3, 0.4) is 0 Å². The second kappa shape index (κ2) is 6.44. The molecule has 0 saturated heterocycles. The Bertz CT molecular complexity index is 716. The molecule has 1 aliphatic carbocycles. The maximum atomic E-state index is 12.1. The number of hydrogen-bond acceptors (Lipinski definition) is 2. The predicted octanol–water partition coefficient (Wildman–Crippen LogP) is 3.00. The average Bonchev–Trinajstić information content (AvgIpc) is 2.88. The second-order valence-corrected chi connectivity index (χ2v) is 6.47. The van der Waals surface area contributed by atoms with Crippen molar-refractivity contribution in [3.8, 4) is 0 Å². The molecular formula is C18H22N2O3. The number of carbonyl (C=O) groups is 2. The van der Waals surface area contributed by atoms with E-state index in [2.05, 4.69) is 16.4 Å². The summed E-state index contributed by atoms with van der Waals surface area (Å²) < 4.78 is 0. The van der Waals surface area contributed by atoms with Gasteiger partial charge in [-0.2, -0.15) is 0 Å². The molecule has 0 spiro atoms. The van der Waals surface area contributed by atoms with E-state index in [-0.39, 0.29) is 12.3 Å². The van der Waals surface area contributed by atoms with Crippen LogP contribution in [0.25, 0.3) is 10.9 Å². The summed E-state index contributed by atoms with van der Waals surface area (Å²) in [5.41, 5.74) is 1.84. The third-order valence-electron chi connectivity index (χ3n) is 4.73. The molecule has 0 radical (unpaired) electrons. The minimum absolute atomic E-state index is 0.0290. The molecule has 0 aliphatic heterocycles. The zero-order valence-corrected chi connectivity index (χ0v) is 13.1. The summed E-state index contributed by atoms with van der Waals surface area (Å²) in [6.07, 6.45) is 6.59. The third kappa shape index (κ3) is 3.55. The second-order valence-electron chi connectivity index (χ2n) is 6.47. The number of carbonyl (C=O) groups excluding carboxylic acids is 1. The molecule has 1 fully saturated rings. The van der Waals surface area contributed by atoms with Crippen molar-refractivity contribution in [2.45, 2.75) is 50.5 Å². The Balaban J connectivity index is 1.50. The first-order valence-electron chi connectivity index (χ1n) is 8.16. The number of aliphatic carboxylic acids is 1. The molecule has 5 heteroatoms. The van der Waals surface area contributed by atoms with E-state index in [9.17, 15) is 9.59 Å². The Morgan fingerprint density at radius 2 is 2.04 bits per heavy atom. The van der Waals surface area contributed by atoms with E-state index in [1.165, 1.54) is 10.9 Å². The monoisotopic (exact) mass is 314 g/mol. The Morgan fingerprint density at radius 3 is 2.74 bits per heavy atom. The van der Waals surface area contributed by atoms with Crippen LogP contribution < -0.4 is 5.32 Å². The Kier molecular flexibility index (Phi) is 4.37. The molecule has 0 bridgehead atoms. The van der Waals surface area contributed by atoms with Gasteiger partial charge < -0.3 is 15.4 Å². The molecule has 1 aromatic carbocycles. The maximum absolute atomic E-state index is 12.1. The van der Waals surface area contributed by atoms with Crippen LogP contribution in [0, 0.1) is 0 Å². The van der Waals surface area contributed by atoms with Gasteiger partial charge in [-0.05, 0) is 43.7 Å². The van der Waals surface area contributed by atoms with Crippen LogP contribution >= 0.6 is 0 Å². The van der Waals surface area contributed by atoms with Crippen molar-refractivity contribution in [2.24, 2.45) is 0 Å². The lowest BCUT2D eigenvalue weighted by molar-refractivity contribution is -0.140. The van der Waals surface area contributed by atoms with Gasteiger partial charge in [0.15, 0.2) is 0 Å². The molecule has 3 rings (SSSR count). The standard InChI is InChI=1S/C18H22N2O3/c21-16(20-18(9-4-10-18)11-17(22)23)8-3-5-13-12-19-15-7-2-1-6-14(13)15/h1-2,6-7,12,19H,3-5,8-11H2,(H,20,21)(H,22,23). The number of nitrogens with one attached hydrogen (secondary N) is 2. The van der Waals surface area contributed by atoms with Crippen molar-refractivity contribution in [1.82, 2.24) is 10.3 Å². The highest BCUT2D eigenvalue weighted by Gasteiger charge is 2.40. The number of para-hydroxylation sites is 1. The molecule has 0 atom stereocenters. The molecule has 3 N–H and O–H groups in total. The van der Waals surface area contributed by atoms with E-state index in [0.29, 0.717) is 6.42 Å². The number of carboxylic acid groups (broad SMARTS) is 1. The van der Waals surface area contributed by atoms with Crippen molar-refractivity contribution in [3.63, 3.8) is 0 Å². The van der Waals surface area contributed by atoms with Crippen LogP contribution in [0.2, 0.25) is 0 Å². The van der Waals surface area contributed by atoms with Gasteiger partial charge in [-0.3, -0.25) is 9.59 Å². The summed E-state index contributed by atoms with van der Waals surface area (Å²) >= 11 is 0. The van der Waals surface area contributed by atoms with Crippen LogP contribution in [0.5, 0.6) is 0 Å². The molecule has 1 aromatic heterocycles. The first-order chi connectivity index (χ1) is 11.1. The molecule has 1 amide bonds. The fraction of sp³-hybridized carbons (Fsp3) is 0.444. The van der Waals surface area contributed by atoms with Gasteiger partial charge in [-0.1, -0.05) is 18.2 Å². The van der Waals surface area contributed by atoms with Gasteiger partial charge in [0, 0.05) is 23.5 Å². The van der Waals surface area contributed by atoms with Crippen molar-refractivity contribution in [1.29, 1.82) is 0 Å². The summed E-state index contributed by atoms with van der Waals surface area (Å²) in [6.45, 7) is 0. The van der Waals surface area contributed by atoms with E-state index < -0.39 is 11.5 Å². The number of aromatic nitrogens is 1. The van der Waals surface area contributed by atoms with Crippen LogP contribution in [0.4, 0.5) is 0 Å². The largest absolute Gasteiger partial charge is 0.481 e. The molecule has 23 heavy (non-hydrogen) atoms. The highest BCUT2D eigenvalue weighted by molar-refractivity contribution is 5.83. The maximum Gasteiger partial charge on any atom is 0.305 e. The van der Waals surface area contributed by atoms with E-state index >= 15 is 0 Å². The lowest BCUT2D eigenvalue weighted by atomic mass is 9.74. The quantitative estimate of drug-likeness (QED) is 0.734. The number of H-pyrrole nitrogens is 1. The number of carboxylic acids is 1. The van der Waals surface area contributed by atoms with Crippen LogP contribution in [-0.4, -0.2) is 27.5 Å². The number of amides is 1. The molecular weight excluding hydrogens is 292 g/mol. The summed E-state index contributed by atoms with van der Waals surface area (Å²) in [6, 6.07) is 8.13. The van der Waals surface area contributed by atoms with Crippen molar-refractivity contribution in [2.75, 3.05) is 0 Å².